The molecular formula is C26H34N2O6. The number of carbonyl (C=O) groups is 2. The van der Waals surface area contributed by atoms with Gasteiger partial charge in [0, 0.05) is 39.3 Å². The molecule has 34 heavy (non-hydrogen) atoms. The van der Waals surface area contributed by atoms with E-state index in [9.17, 15) is 0 Å². The van der Waals surface area contributed by atoms with Gasteiger partial charge in [-0.2, -0.15) is 0 Å². The lowest BCUT2D eigenvalue weighted by atomic mass is 10.1. The van der Waals surface area contributed by atoms with Crippen LogP contribution in [-0.2, 0) is 33.7 Å². The summed E-state index contributed by atoms with van der Waals surface area (Å²) in [6.45, 7) is 8.67. The van der Waals surface area contributed by atoms with E-state index in [2.05, 4.69) is 58.3 Å². The minimum absolute atomic E-state index is 0.629. The van der Waals surface area contributed by atoms with Gasteiger partial charge in [0.15, 0.2) is 0 Å². The van der Waals surface area contributed by atoms with Crippen molar-refractivity contribution in [3.63, 3.8) is 0 Å². The fourth-order valence-electron chi connectivity index (χ4n) is 4.16. The third-order valence-corrected chi connectivity index (χ3v) is 6.02. The Kier molecular flexibility index (Phi) is 10.3. The predicted molar refractivity (Wildman–Crippen MR) is 128 cm³/mol. The number of benzene rings is 2. The fourth-order valence-corrected chi connectivity index (χ4v) is 4.16. The molecule has 1 aliphatic carbocycles. The molecule has 8 heteroatoms. The first-order valence-corrected chi connectivity index (χ1v) is 11.8. The van der Waals surface area contributed by atoms with E-state index < -0.39 is 11.9 Å². The van der Waals surface area contributed by atoms with Gasteiger partial charge in [-0.1, -0.05) is 36.4 Å². The zero-order chi connectivity index (χ0) is 24.2. The van der Waals surface area contributed by atoms with Crippen LogP contribution in [-0.4, -0.2) is 84.5 Å². The van der Waals surface area contributed by atoms with Gasteiger partial charge in [0.1, 0.15) is 12.4 Å². The molecule has 2 N–H and O–H groups in total. The predicted octanol–water partition coefficient (Wildman–Crippen LogP) is 2.54. The molecule has 1 saturated heterocycles. The summed E-state index contributed by atoms with van der Waals surface area (Å²) in [5.74, 6) is -2.66. The molecule has 0 aromatic heterocycles. The SMILES string of the molecule is O=C(O)C(=O)O.c1ccc(CN2CCN(CCOCCOc3ccc4c(c3)CCC4)CC2)cc1. The molecule has 2 aromatic carbocycles. The van der Waals surface area contributed by atoms with Gasteiger partial charge in [0.2, 0.25) is 0 Å². The van der Waals surface area contributed by atoms with Crippen LogP contribution in [0.2, 0.25) is 0 Å². The van der Waals surface area contributed by atoms with Gasteiger partial charge >= 0.3 is 11.9 Å². The first-order chi connectivity index (χ1) is 16.5. The van der Waals surface area contributed by atoms with Gasteiger partial charge in [-0.15, -0.1) is 0 Å². The van der Waals surface area contributed by atoms with Crippen molar-refractivity contribution in [2.75, 3.05) is 52.5 Å². The van der Waals surface area contributed by atoms with Crippen molar-refractivity contribution in [2.24, 2.45) is 0 Å². The number of piperazine rings is 1. The van der Waals surface area contributed by atoms with Gasteiger partial charge in [0.25, 0.3) is 0 Å². The lowest BCUT2D eigenvalue weighted by Gasteiger charge is -2.34. The minimum atomic E-state index is -1.82. The molecule has 0 spiro atoms. The second-order valence-electron chi connectivity index (χ2n) is 8.46. The van der Waals surface area contributed by atoms with E-state index in [1.807, 2.05) is 0 Å². The van der Waals surface area contributed by atoms with Crippen molar-refractivity contribution in [3.8, 4) is 5.75 Å². The lowest BCUT2D eigenvalue weighted by Crippen LogP contribution is -2.46. The van der Waals surface area contributed by atoms with Crippen LogP contribution in [0.5, 0.6) is 5.75 Å². The zero-order valence-corrected chi connectivity index (χ0v) is 19.5. The highest BCUT2D eigenvalue weighted by Gasteiger charge is 2.16. The first kappa shape index (κ1) is 25.7. The Morgan fingerprint density at radius 2 is 1.47 bits per heavy atom. The summed E-state index contributed by atoms with van der Waals surface area (Å²) in [6.07, 6.45) is 3.70. The van der Waals surface area contributed by atoms with E-state index in [0.29, 0.717) is 13.2 Å². The van der Waals surface area contributed by atoms with Crippen molar-refractivity contribution >= 4 is 11.9 Å². The van der Waals surface area contributed by atoms with Crippen LogP contribution in [0.1, 0.15) is 23.1 Å². The minimum Gasteiger partial charge on any atom is -0.491 e. The quantitative estimate of drug-likeness (QED) is 0.426. The number of carboxylic acids is 2. The van der Waals surface area contributed by atoms with E-state index in [0.717, 1.165) is 51.6 Å². The number of fused-ring (bicyclic) bond motifs is 1. The van der Waals surface area contributed by atoms with Gasteiger partial charge in [-0.25, -0.2) is 9.59 Å². The number of hydrogen-bond acceptors (Lipinski definition) is 6. The van der Waals surface area contributed by atoms with Crippen molar-refractivity contribution in [2.45, 2.75) is 25.8 Å². The molecule has 0 saturated carbocycles. The number of hydrogen-bond donors (Lipinski definition) is 2. The van der Waals surface area contributed by atoms with Gasteiger partial charge in [-0.3, -0.25) is 9.80 Å². The van der Waals surface area contributed by atoms with Crippen molar-refractivity contribution in [1.29, 1.82) is 0 Å². The summed E-state index contributed by atoms with van der Waals surface area (Å²) in [5.41, 5.74) is 4.36. The summed E-state index contributed by atoms with van der Waals surface area (Å²) < 4.78 is 11.6. The Morgan fingerprint density at radius 3 is 2.18 bits per heavy atom. The molecule has 1 heterocycles. The zero-order valence-electron chi connectivity index (χ0n) is 19.5. The van der Waals surface area contributed by atoms with Crippen LogP contribution in [0.3, 0.4) is 0 Å². The number of carboxylic acid groups (broad SMARTS) is 2. The maximum absolute atomic E-state index is 9.10. The monoisotopic (exact) mass is 470 g/mol. The highest BCUT2D eigenvalue weighted by atomic mass is 16.5. The molecule has 8 nitrogen and oxygen atoms in total. The molecule has 0 amide bonds. The molecule has 2 aliphatic rings. The van der Waals surface area contributed by atoms with Crippen LogP contribution < -0.4 is 4.74 Å². The van der Waals surface area contributed by atoms with Crippen LogP contribution >= 0.6 is 0 Å². The second kappa shape index (κ2) is 13.7. The lowest BCUT2D eigenvalue weighted by molar-refractivity contribution is -0.159. The molecular weight excluding hydrogens is 436 g/mol. The summed E-state index contributed by atoms with van der Waals surface area (Å²) in [4.78, 5) is 23.2. The molecule has 2 aromatic rings. The van der Waals surface area contributed by atoms with E-state index in [1.165, 1.54) is 36.0 Å². The Hall–Kier alpha value is -2.94. The van der Waals surface area contributed by atoms with E-state index in [-0.39, 0.29) is 0 Å². The number of aryl methyl sites for hydroxylation is 2. The highest BCUT2D eigenvalue weighted by Crippen LogP contribution is 2.25. The number of ether oxygens (including phenoxy) is 2. The van der Waals surface area contributed by atoms with E-state index >= 15 is 0 Å². The van der Waals surface area contributed by atoms with E-state index in [4.69, 9.17) is 29.3 Å². The fraction of sp³-hybridized carbons (Fsp3) is 0.462. The molecule has 0 radical (unpaired) electrons. The van der Waals surface area contributed by atoms with Gasteiger partial charge in [0.05, 0.1) is 13.2 Å². The van der Waals surface area contributed by atoms with Crippen molar-refractivity contribution < 1.29 is 29.3 Å². The molecule has 0 unspecified atom stereocenters. The number of rotatable bonds is 9. The third kappa shape index (κ3) is 8.78. The summed E-state index contributed by atoms with van der Waals surface area (Å²) >= 11 is 0. The van der Waals surface area contributed by atoms with Crippen molar-refractivity contribution in [3.05, 3.63) is 65.2 Å². The largest absolute Gasteiger partial charge is 0.491 e. The van der Waals surface area contributed by atoms with E-state index in [1.54, 1.807) is 0 Å². The Labute approximate surface area is 200 Å². The summed E-state index contributed by atoms with van der Waals surface area (Å²) in [7, 11) is 0. The Balaban J connectivity index is 0.000000481. The molecule has 1 aliphatic heterocycles. The normalized spacial score (nSPS) is 15.8. The summed E-state index contributed by atoms with van der Waals surface area (Å²) in [6, 6.07) is 17.3. The van der Waals surface area contributed by atoms with Gasteiger partial charge < -0.3 is 19.7 Å². The second-order valence-corrected chi connectivity index (χ2v) is 8.46. The van der Waals surface area contributed by atoms with Gasteiger partial charge in [-0.05, 0) is 48.1 Å². The van der Waals surface area contributed by atoms with Crippen LogP contribution in [0, 0.1) is 0 Å². The third-order valence-electron chi connectivity index (χ3n) is 6.02. The smallest absolute Gasteiger partial charge is 0.414 e. The Morgan fingerprint density at radius 1 is 0.794 bits per heavy atom. The maximum Gasteiger partial charge on any atom is 0.414 e. The number of aliphatic carboxylic acids is 2. The first-order valence-electron chi connectivity index (χ1n) is 11.8. The molecule has 0 atom stereocenters. The summed E-state index contributed by atoms with van der Waals surface area (Å²) in [5, 5.41) is 14.8. The molecule has 1 fully saturated rings. The van der Waals surface area contributed by atoms with Crippen LogP contribution in [0.15, 0.2) is 48.5 Å². The molecule has 4 rings (SSSR count). The Bertz CT molecular complexity index is 901. The standard InChI is InChI=1S/C24H32N2O2.C2H2O4/c1-2-5-21(6-3-1)20-26-13-11-25(12-14-26)15-16-27-17-18-28-24-10-9-22-7-4-8-23(22)19-24;3-1(4)2(5)6/h1-3,5-6,9-10,19H,4,7-8,11-18,20H2;(H,3,4)(H,5,6). The van der Waals surface area contributed by atoms with Crippen molar-refractivity contribution in [1.82, 2.24) is 9.80 Å². The topological polar surface area (TPSA) is 99.5 Å². The molecule has 184 valence electrons. The average Bonchev–Trinajstić information content (AvgIpc) is 3.31. The molecule has 0 bridgehead atoms. The average molecular weight is 471 g/mol. The maximum atomic E-state index is 9.10. The van der Waals surface area contributed by atoms with Crippen LogP contribution in [0.25, 0.3) is 0 Å². The van der Waals surface area contributed by atoms with Crippen LogP contribution in [0.4, 0.5) is 0 Å². The highest BCUT2D eigenvalue weighted by molar-refractivity contribution is 6.27. The number of nitrogens with zero attached hydrogens (tertiary/aromatic N) is 2.